The molecule has 3 heterocycles. The molecule has 3 aliphatic heterocycles. The van der Waals surface area contributed by atoms with Gasteiger partial charge in [0.05, 0.1) is 47.3 Å². The lowest BCUT2D eigenvalue weighted by Crippen LogP contribution is -2.38. The highest BCUT2D eigenvalue weighted by molar-refractivity contribution is 6.38. The molecule has 0 aromatic heterocycles. The first-order valence-electron chi connectivity index (χ1n) is 15.1. The number of imide groups is 1. The summed E-state index contributed by atoms with van der Waals surface area (Å²) in [6.45, 7) is 4.44. The van der Waals surface area contributed by atoms with Crippen LogP contribution in [0, 0.1) is 5.82 Å². The zero-order valence-corrected chi connectivity index (χ0v) is 24.5. The molecule has 1 saturated heterocycles. The van der Waals surface area contributed by atoms with E-state index in [1.807, 2.05) is 36.4 Å². The molecule has 7 rings (SSSR count). The Kier molecular flexibility index (Phi) is 7.22. The number of carbonyl (C=O) groups excluding carboxylic acids is 3. The van der Waals surface area contributed by atoms with Gasteiger partial charge in [0.1, 0.15) is 5.82 Å². The van der Waals surface area contributed by atoms with Crippen molar-refractivity contribution in [1.29, 1.82) is 0 Å². The number of halogens is 1. The zero-order valence-electron chi connectivity index (χ0n) is 24.5. The van der Waals surface area contributed by atoms with E-state index in [-0.39, 0.29) is 11.5 Å². The van der Waals surface area contributed by atoms with Crippen LogP contribution in [0.3, 0.4) is 0 Å². The third-order valence-corrected chi connectivity index (χ3v) is 8.75. The van der Waals surface area contributed by atoms with Crippen molar-refractivity contribution >= 4 is 29.1 Å². The van der Waals surface area contributed by atoms with Gasteiger partial charge < -0.3 is 14.5 Å². The Morgan fingerprint density at radius 3 is 2.02 bits per heavy atom. The molecule has 0 saturated carbocycles. The van der Waals surface area contributed by atoms with Crippen LogP contribution in [0.1, 0.15) is 68.0 Å². The molecule has 0 radical (unpaired) electrons. The number of unbranched alkanes of at least 4 members (excludes halogenated alkanes) is 1. The Morgan fingerprint density at radius 1 is 0.750 bits per heavy atom. The van der Waals surface area contributed by atoms with E-state index in [0.717, 1.165) is 18.4 Å². The first-order chi connectivity index (χ1) is 21.5. The predicted octanol–water partition coefficient (Wildman–Crippen LogP) is 6.48. The normalized spacial score (nSPS) is 17.8. The van der Waals surface area contributed by atoms with Crippen LogP contribution in [0.15, 0.2) is 84.9 Å². The maximum absolute atomic E-state index is 14.7. The van der Waals surface area contributed by atoms with E-state index in [2.05, 4.69) is 11.8 Å². The van der Waals surface area contributed by atoms with Gasteiger partial charge in [0.15, 0.2) is 0 Å². The standard InChI is InChI=1S/C36H32FN3O4/c1-2-3-18-39-32(24-14-16-25(37)17-15-24)28-29(34(39)41)27(23-10-6-4-7-11-23)33(38-19-21-44-22-20-38)31-30(28)35(42)40(36(31)43)26-12-8-5-9-13-26/h4-17,32H,2-3,18-22H2,1H3. The van der Waals surface area contributed by atoms with Gasteiger partial charge in [-0.3, -0.25) is 14.4 Å². The molecule has 0 aliphatic carbocycles. The molecule has 4 aromatic carbocycles. The molecule has 0 bridgehead atoms. The molecule has 1 atom stereocenters. The molecular weight excluding hydrogens is 557 g/mol. The second-order valence-electron chi connectivity index (χ2n) is 11.3. The average Bonchev–Trinajstić information content (AvgIpc) is 3.49. The number of ether oxygens (including phenoxy) is 1. The van der Waals surface area contributed by atoms with Crippen LogP contribution in [0.4, 0.5) is 15.8 Å². The van der Waals surface area contributed by atoms with Crippen LogP contribution in [0.25, 0.3) is 11.1 Å². The second kappa shape index (κ2) is 11.4. The van der Waals surface area contributed by atoms with Crippen molar-refractivity contribution in [3.63, 3.8) is 0 Å². The summed E-state index contributed by atoms with van der Waals surface area (Å²) in [7, 11) is 0. The van der Waals surface area contributed by atoms with Crippen LogP contribution in [-0.2, 0) is 4.74 Å². The minimum absolute atomic E-state index is 0.197. The van der Waals surface area contributed by atoms with Crippen molar-refractivity contribution in [2.24, 2.45) is 0 Å². The van der Waals surface area contributed by atoms with Crippen LogP contribution in [0.5, 0.6) is 0 Å². The van der Waals surface area contributed by atoms with Crippen LogP contribution < -0.4 is 9.80 Å². The van der Waals surface area contributed by atoms with Crippen LogP contribution >= 0.6 is 0 Å². The number of hydrogen-bond donors (Lipinski definition) is 0. The Balaban J connectivity index is 1.60. The number of rotatable bonds is 7. The molecule has 7 nitrogen and oxygen atoms in total. The number of carbonyl (C=O) groups is 3. The predicted molar refractivity (Wildman–Crippen MR) is 167 cm³/mol. The summed E-state index contributed by atoms with van der Waals surface area (Å²) >= 11 is 0. The molecule has 3 amide bonds. The zero-order chi connectivity index (χ0) is 30.4. The first-order valence-corrected chi connectivity index (χ1v) is 15.1. The number of benzene rings is 4. The molecule has 8 heteroatoms. The van der Waals surface area contributed by atoms with Gasteiger partial charge >= 0.3 is 0 Å². The second-order valence-corrected chi connectivity index (χ2v) is 11.3. The lowest BCUT2D eigenvalue weighted by Gasteiger charge is -2.33. The van der Waals surface area contributed by atoms with Gasteiger partial charge in [-0.2, -0.15) is 0 Å². The Hall–Kier alpha value is -4.82. The largest absolute Gasteiger partial charge is 0.378 e. The van der Waals surface area contributed by atoms with Crippen molar-refractivity contribution in [2.45, 2.75) is 25.8 Å². The quantitative estimate of drug-likeness (QED) is 0.231. The van der Waals surface area contributed by atoms with Gasteiger partial charge in [-0.15, -0.1) is 0 Å². The maximum Gasteiger partial charge on any atom is 0.268 e. The van der Waals surface area contributed by atoms with Gasteiger partial charge in [-0.1, -0.05) is 74.0 Å². The molecule has 4 aromatic rings. The Bertz CT molecular complexity index is 1750. The topological polar surface area (TPSA) is 70.2 Å². The fraction of sp³-hybridized carbons (Fsp3) is 0.250. The van der Waals surface area contributed by atoms with Gasteiger partial charge in [0.25, 0.3) is 17.7 Å². The van der Waals surface area contributed by atoms with Crippen molar-refractivity contribution in [3.8, 4) is 11.1 Å². The summed E-state index contributed by atoms with van der Waals surface area (Å²) in [5.41, 5.74) is 4.67. The lowest BCUT2D eigenvalue weighted by molar-refractivity contribution is 0.0746. The average molecular weight is 590 g/mol. The summed E-state index contributed by atoms with van der Waals surface area (Å²) in [5.74, 6) is -1.47. The van der Waals surface area contributed by atoms with Crippen molar-refractivity contribution in [2.75, 3.05) is 42.6 Å². The summed E-state index contributed by atoms with van der Waals surface area (Å²) < 4.78 is 19.8. The number of morpholine rings is 1. The highest BCUT2D eigenvalue weighted by Crippen LogP contribution is 2.53. The summed E-state index contributed by atoms with van der Waals surface area (Å²) in [5, 5.41) is 0. The molecule has 0 N–H and O–H groups in total. The number of amides is 3. The molecule has 1 unspecified atom stereocenters. The SMILES string of the molecule is CCCCN1C(=O)c2c(-c3ccccc3)c(N3CCOCC3)c3c(c2C1c1ccc(F)cc1)C(=O)N(c1ccccc1)C3=O. The number of hydrogen-bond acceptors (Lipinski definition) is 5. The van der Waals surface area contributed by atoms with E-state index in [1.54, 1.807) is 41.3 Å². The van der Waals surface area contributed by atoms with Crippen molar-refractivity contribution in [1.82, 2.24) is 4.90 Å². The molecule has 222 valence electrons. The number of anilines is 2. The van der Waals surface area contributed by atoms with E-state index in [1.165, 1.54) is 17.0 Å². The van der Waals surface area contributed by atoms with Gasteiger partial charge in [0.2, 0.25) is 0 Å². The first kappa shape index (κ1) is 28.0. The van der Waals surface area contributed by atoms with Crippen molar-refractivity contribution < 1.29 is 23.5 Å². The van der Waals surface area contributed by atoms with Crippen molar-refractivity contribution in [3.05, 3.63) is 119 Å². The summed E-state index contributed by atoms with van der Waals surface area (Å²) in [6.07, 6.45) is 1.61. The molecular formula is C36H32FN3O4. The minimum atomic E-state index is -0.660. The van der Waals surface area contributed by atoms with E-state index in [0.29, 0.717) is 72.0 Å². The summed E-state index contributed by atoms with van der Waals surface area (Å²) in [4.78, 5) is 49.0. The molecule has 44 heavy (non-hydrogen) atoms. The number of fused-ring (bicyclic) bond motifs is 3. The fourth-order valence-electron chi connectivity index (χ4n) is 6.77. The smallest absolute Gasteiger partial charge is 0.268 e. The molecule has 1 fully saturated rings. The van der Waals surface area contributed by atoms with Gasteiger partial charge in [-0.05, 0) is 41.8 Å². The van der Waals surface area contributed by atoms with E-state index < -0.39 is 23.7 Å². The Morgan fingerprint density at radius 2 is 1.36 bits per heavy atom. The van der Waals surface area contributed by atoms with Crippen LogP contribution in [-0.4, -0.2) is 55.5 Å². The summed E-state index contributed by atoms with van der Waals surface area (Å²) in [6, 6.07) is 23.9. The third-order valence-electron chi connectivity index (χ3n) is 8.75. The lowest BCUT2D eigenvalue weighted by atomic mass is 9.84. The minimum Gasteiger partial charge on any atom is -0.378 e. The number of nitrogens with zero attached hydrogens (tertiary/aromatic N) is 3. The highest BCUT2D eigenvalue weighted by Gasteiger charge is 2.51. The van der Waals surface area contributed by atoms with Gasteiger partial charge in [0, 0.05) is 30.8 Å². The Labute approximate surface area is 255 Å². The fourth-order valence-corrected chi connectivity index (χ4v) is 6.77. The third kappa shape index (κ3) is 4.40. The van der Waals surface area contributed by atoms with Crippen LogP contribution in [0.2, 0.25) is 0 Å². The highest BCUT2D eigenvalue weighted by atomic mass is 19.1. The van der Waals surface area contributed by atoms with E-state index in [4.69, 9.17) is 4.74 Å². The molecule has 3 aliphatic rings. The van der Waals surface area contributed by atoms with E-state index >= 15 is 0 Å². The monoisotopic (exact) mass is 589 g/mol. The molecule has 0 spiro atoms. The van der Waals surface area contributed by atoms with E-state index in [9.17, 15) is 18.8 Å². The number of para-hydroxylation sites is 1. The van der Waals surface area contributed by atoms with Gasteiger partial charge in [-0.25, -0.2) is 9.29 Å². The maximum atomic E-state index is 14.7.